The summed E-state index contributed by atoms with van der Waals surface area (Å²) in [6.07, 6.45) is 0.565. The molecule has 86 valence electrons. The fourth-order valence-electron chi connectivity index (χ4n) is 2.18. The summed E-state index contributed by atoms with van der Waals surface area (Å²) >= 11 is 5.93. The maximum atomic E-state index is 11.1. The van der Waals surface area contributed by atoms with Gasteiger partial charge in [0, 0.05) is 11.6 Å². The van der Waals surface area contributed by atoms with Gasteiger partial charge < -0.3 is 5.11 Å². The normalized spacial score (nSPS) is 20.5. The van der Waals surface area contributed by atoms with Crippen molar-refractivity contribution < 1.29 is 9.90 Å². The van der Waals surface area contributed by atoms with Crippen molar-refractivity contribution in [3.63, 3.8) is 0 Å². The van der Waals surface area contributed by atoms with E-state index in [4.69, 9.17) is 16.7 Å². The number of carboxylic acid groups (broad SMARTS) is 1. The quantitative estimate of drug-likeness (QED) is 0.860. The van der Waals surface area contributed by atoms with Crippen LogP contribution in [-0.2, 0) is 17.8 Å². The van der Waals surface area contributed by atoms with E-state index in [-0.39, 0.29) is 0 Å². The Hall–Kier alpha value is -1.06. The van der Waals surface area contributed by atoms with E-state index in [1.807, 2.05) is 30.0 Å². The molecule has 0 amide bonds. The Balaban J connectivity index is 2.33. The minimum Gasteiger partial charge on any atom is -0.480 e. The van der Waals surface area contributed by atoms with E-state index in [0.717, 1.165) is 17.7 Å². The smallest absolute Gasteiger partial charge is 0.321 e. The monoisotopic (exact) mass is 239 g/mol. The first-order valence-electron chi connectivity index (χ1n) is 5.36. The number of carboxylic acids is 1. The maximum Gasteiger partial charge on any atom is 0.321 e. The topological polar surface area (TPSA) is 40.5 Å². The Morgan fingerprint density at radius 3 is 2.94 bits per heavy atom. The van der Waals surface area contributed by atoms with E-state index in [0.29, 0.717) is 18.0 Å². The van der Waals surface area contributed by atoms with Crippen LogP contribution in [0.25, 0.3) is 0 Å². The number of carbonyl (C=O) groups is 1. The molecule has 0 aromatic heterocycles. The van der Waals surface area contributed by atoms with Gasteiger partial charge in [-0.05, 0) is 36.2 Å². The number of hydrogen-bond acceptors (Lipinski definition) is 2. The molecular weight excluding hydrogens is 226 g/mol. The number of benzene rings is 1. The maximum absolute atomic E-state index is 11.1. The van der Waals surface area contributed by atoms with Gasteiger partial charge in [0.15, 0.2) is 0 Å². The summed E-state index contributed by atoms with van der Waals surface area (Å²) < 4.78 is 0. The molecule has 1 aliphatic heterocycles. The molecule has 2 rings (SSSR count). The van der Waals surface area contributed by atoms with Gasteiger partial charge in [0.1, 0.15) is 6.04 Å². The lowest BCUT2D eigenvalue weighted by molar-refractivity contribution is -0.143. The SMILES string of the molecule is CCN1Cc2cc(Cl)ccc2C[C@H]1C(=O)O. The van der Waals surface area contributed by atoms with Gasteiger partial charge in [0.2, 0.25) is 0 Å². The standard InChI is InChI=1S/C12H14ClNO2/c1-2-14-7-9-5-10(13)4-3-8(9)6-11(14)12(15)16/h3-5,11H,2,6-7H2,1H3,(H,15,16)/t11-/m0/s1. The molecule has 0 unspecified atom stereocenters. The van der Waals surface area contributed by atoms with Gasteiger partial charge in [-0.15, -0.1) is 0 Å². The van der Waals surface area contributed by atoms with Gasteiger partial charge in [-0.3, -0.25) is 9.69 Å². The number of fused-ring (bicyclic) bond motifs is 1. The van der Waals surface area contributed by atoms with Crippen molar-refractivity contribution >= 4 is 17.6 Å². The van der Waals surface area contributed by atoms with Crippen LogP contribution in [0.3, 0.4) is 0 Å². The van der Waals surface area contributed by atoms with Crippen LogP contribution in [0.2, 0.25) is 5.02 Å². The molecule has 16 heavy (non-hydrogen) atoms. The van der Waals surface area contributed by atoms with Gasteiger partial charge in [0.05, 0.1) is 0 Å². The predicted molar refractivity (Wildman–Crippen MR) is 62.7 cm³/mol. The van der Waals surface area contributed by atoms with Crippen molar-refractivity contribution in [3.8, 4) is 0 Å². The van der Waals surface area contributed by atoms with Crippen LogP contribution >= 0.6 is 11.6 Å². The number of likely N-dealkylation sites (N-methyl/N-ethyl adjacent to an activating group) is 1. The van der Waals surface area contributed by atoms with Crippen LogP contribution in [0.15, 0.2) is 18.2 Å². The molecule has 4 heteroatoms. The second kappa shape index (κ2) is 4.44. The summed E-state index contributed by atoms with van der Waals surface area (Å²) in [5, 5.41) is 9.86. The lowest BCUT2D eigenvalue weighted by Gasteiger charge is -2.33. The zero-order chi connectivity index (χ0) is 11.7. The van der Waals surface area contributed by atoms with Gasteiger partial charge >= 0.3 is 5.97 Å². The lowest BCUT2D eigenvalue weighted by Crippen LogP contribution is -2.45. The van der Waals surface area contributed by atoms with Crippen LogP contribution in [0.1, 0.15) is 18.1 Å². The van der Waals surface area contributed by atoms with Crippen LogP contribution in [0.5, 0.6) is 0 Å². The minimum atomic E-state index is -0.748. The largest absolute Gasteiger partial charge is 0.480 e. The highest BCUT2D eigenvalue weighted by Gasteiger charge is 2.30. The van der Waals surface area contributed by atoms with Crippen molar-refractivity contribution in [2.45, 2.75) is 25.9 Å². The first-order chi connectivity index (χ1) is 7.61. The summed E-state index contributed by atoms with van der Waals surface area (Å²) in [4.78, 5) is 13.1. The van der Waals surface area contributed by atoms with E-state index in [1.54, 1.807) is 0 Å². The minimum absolute atomic E-state index is 0.404. The third kappa shape index (κ3) is 2.06. The Bertz CT molecular complexity index is 419. The Morgan fingerprint density at radius 2 is 2.31 bits per heavy atom. The van der Waals surface area contributed by atoms with Gasteiger partial charge in [0.25, 0.3) is 0 Å². The number of halogens is 1. The number of rotatable bonds is 2. The third-order valence-corrected chi connectivity index (χ3v) is 3.32. The Labute approximate surface area is 99.6 Å². The van der Waals surface area contributed by atoms with Gasteiger partial charge in [-0.2, -0.15) is 0 Å². The summed E-state index contributed by atoms with van der Waals surface area (Å²) in [5.41, 5.74) is 2.24. The molecule has 1 aliphatic rings. The van der Waals surface area contributed by atoms with E-state index in [2.05, 4.69) is 0 Å². The molecule has 0 radical (unpaired) electrons. The summed E-state index contributed by atoms with van der Waals surface area (Å²) in [5.74, 6) is -0.748. The molecular formula is C12H14ClNO2. The molecule has 0 bridgehead atoms. The van der Waals surface area contributed by atoms with Crippen molar-refractivity contribution in [3.05, 3.63) is 34.3 Å². The molecule has 1 heterocycles. The molecule has 1 atom stereocenters. The fraction of sp³-hybridized carbons (Fsp3) is 0.417. The molecule has 0 fully saturated rings. The van der Waals surface area contributed by atoms with Crippen molar-refractivity contribution in [1.82, 2.24) is 4.90 Å². The molecule has 1 aromatic carbocycles. The van der Waals surface area contributed by atoms with E-state index in [1.165, 1.54) is 0 Å². The van der Waals surface area contributed by atoms with E-state index >= 15 is 0 Å². The Morgan fingerprint density at radius 1 is 1.56 bits per heavy atom. The molecule has 0 aliphatic carbocycles. The molecule has 1 N–H and O–H groups in total. The molecule has 0 saturated carbocycles. The average Bonchev–Trinajstić information content (AvgIpc) is 2.26. The highest BCUT2D eigenvalue weighted by atomic mass is 35.5. The lowest BCUT2D eigenvalue weighted by atomic mass is 9.94. The molecule has 0 saturated heterocycles. The third-order valence-electron chi connectivity index (χ3n) is 3.09. The molecule has 1 aromatic rings. The molecule has 3 nitrogen and oxygen atoms in total. The van der Waals surface area contributed by atoms with Crippen LogP contribution in [0.4, 0.5) is 0 Å². The average molecular weight is 240 g/mol. The Kier molecular flexibility index (Phi) is 3.17. The first-order valence-corrected chi connectivity index (χ1v) is 5.73. The van der Waals surface area contributed by atoms with Crippen LogP contribution in [0, 0.1) is 0 Å². The van der Waals surface area contributed by atoms with E-state index < -0.39 is 12.0 Å². The van der Waals surface area contributed by atoms with Crippen molar-refractivity contribution in [2.75, 3.05) is 6.54 Å². The second-order valence-corrected chi connectivity index (χ2v) is 4.47. The summed E-state index contributed by atoms with van der Waals surface area (Å²) in [6.45, 7) is 3.39. The van der Waals surface area contributed by atoms with Crippen LogP contribution < -0.4 is 0 Å². The summed E-state index contributed by atoms with van der Waals surface area (Å²) in [7, 11) is 0. The van der Waals surface area contributed by atoms with Crippen molar-refractivity contribution in [1.29, 1.82) is 0 Å². The number of hydrogen-bond donors (Lipinski definition) is 1. The van der Waals surface area contributed by atoms with Gasteiger partial charge in [-0.1, -0.05) is 24.6 Å². The van der Waals surface area contributed by atoms with Crippen molar-refractivity contribution in [2.24, 2.45) is 0 Å². The highest BCUT2D eigenvalue weighted by molar-refractivity contribution is 6.30. The number of aliphatic carboxylic acids is 1. The van der Waals surface area contributed by atoms with Crippen LogP contribution in [-0.4, -0.2) is 28.6 Å². The summed E-state index contributed by atoms with van der Waals surface area (Å²) in [6, 6.07) is 5.28. The molecule has 0 spiro atoms. The first kappa shape index (κ1) is 11.4. The predicted octanol–water partition coefficient (Wildman–Crippen LogP) is 2.17. The zero-order valence-corrected chi connectivity index (χ0v) is 9.87. The van der Waals surface area contributed by atoms with Gasteiger partial charge in [-0.25, -0.2) is 0 Å². The van der Waals surface area contributed by atoms with E-state index in [9.17, 15) is 4.79 Å². The highest BCUT2D eigenvalue weighted by Crippen LogP contribution is 2.25. The zero-order valence-electron chi connectivity index (χ0n) is 9.11. The second-order valence-electron chi connectivity index (χ2n) is 4.03. The fourth-order valence-corrected chi connectivity index (χ4v) is 2.38. The number of nitrogens with zero attached hydrogens (tertiary/aromatic N) is 1.